The van der Waals surface area contributed by atoms with Crippen LogP contribution in [0.4, 0.5) is 0 Å². The number of esters is 2. The monoisotopic (exact) mass is 558 g/mol. The van der Waals surface area contributed by atoms with E-state index < -0.39 is 30.4 Å². The molecule has 0 N–H and O–H groups in total. The number of ether oxygens (including phenoxy) is 4. The maximum Gasteiger partial charge on any atom is 0.338 e. The van der Waals surface area contributed by atoms with Crippen LogP contribution in [0.2, 0.25) is 0 Å². The van der Waals surface area contributed by atoms with Gasteiger partial charge in [0.05, 0.1) is 13.2 Å². The van der Waals surface area contributed by atoms with E-state index in [1.54, 1.807) is 0 Å². The topological polar surface area (TPSA) is 71.1 Å². The van der Waals surface area contributed by atoms with Gasteiger partial charge in [-0.3, -0.25) is 0 Å². The van der Waals surface area contributed by atoms with Gasteiger partial charge in [0.25, 0.3) is 0 Å². The van der Waals surface area contributed by atoms with E-state index in [1.807, 2.05) is 26.0 Å². The normalized spacial score (nSPS) is 23.3. The highest BCUT2D eigenvalue weighted by atomic mass is 16.8. The summed E-state index contributed by atoms with van der Waals surface area (Å²) in [6.07, 6.45) is 16.5. The molecule has 1 aromatic rings. The van der Waals surface area contributed by atoms with Gasteiger partial charge in [-0.05, 0) is 43.1 Å². The van der Waals surface area contributed by atoms with Gasteiger partial charge in [-0.25, -0.2) is 9.59 Å². The summed E-state index contributed by atoms with van der Waals surface area (Å²) in [4.78, 5) is 25.4. The minimum atomic E-state index is -1.12. The molecule has 1 saturated carbocycles. The summed E-state index contributed by atoms with van der Waals surface area (Å²) in [7, 11) is 0. The van der Waals surface area contributed by atoms with E-state index in [-0.39, 0.29) is 0 Å². The molecular weight excluding hydrogens is 504 g/mol. The molecule has 1 aliphatic carbocycles. The van der Waals surface area contributed by atoms with E-state index in [9.17, 15) is 9.59 Å². The molecule has 2 fully saturated rings. The Morgan fingerprint density at radius 3 is 1.62 bits per heavy atom. The van der Waals surface area contributed by atoms with Crippen LogP contribution in [0, 0.1) is 11.8 Å². The molecule has 6 nitrogen and oxygen atoms in total. The third-order valence-electron chi connectivity index (χ3n) is 8.53. The van der Waals surface area contributed by atoms with Crippen molar-refractivity contribution in [2.45, 2.75) is 142 Å². The SMILES string of the molecule is CCCCCC1CCC(CCCCc2ccc(C3O[C@@H](C(=O)OCCCC)[C@H](C(=O)OCCCC)O3)cc2)CC1. The lowest BCUT2D eigenvalue weighted by atomic mass is 9.78. The lowest BCUT2D eigenvalue weighted by molar-refractivity contribution is -0.163. The molecule has 6 heteroatoms. The first-order valence-corrected chi connectivity index (χ1v) is 16.3. The molecular formula is C34H54O6. The number of benzene rings is 1. The van der Waals surface area contributed by atoms with Crippen molar-refractivity contribution in [1.29, 1.82) is 0 Å². The Kier molecular flexibility index (Phi) is 15.1. The molecule has 2 aliphatic rings. The molecule has 2 atom stereocenters. The molecule has 0 spiro atoms. The van der Waals surface area contributed by atoms with Gasteiger partial charge in [0.15, 0.2) is 18.5 Å². The number of carbonyl (C=O) groups is 2. The fourth-order valence-electron chi connectivity index (χ4n) is 5.85. The molecule has 0 radical (unpaired) electrons. The van der Waals surface area contributed by atoms with Crippen molar-refractivity contribution in [2.75, 3.05) is 13.2 Å². The summed E-state index contributed by atoms with van der Waals surface area (Å²) in [5.74, 6) is 0.757. The van der Waals surface area contributed by atoms with Gasteiger partial charge in [-0.1, -0.05) is 122 Å². The van der Waals surface area contributed by atoms with E-state index in [1.165, 1.54) is 76.2 Å². The molecule has 40 heavy (non-hydrogen) atoms. The number of aryl methyl sites for hydroxylation is 1. The van der Waals surface area contributed by atoms with Gasteiger partial charge >= 0.3 is 11.9 Å². The quantitative estimate of drug-likeness (QED) is 0.133. The predicted molar refractivity (Wildman–Crippen MR) is 158 cm³/mol. The van der Waals surface area contributed by atoms with Crippen molar-refractivity contribution in [3.63, 3.8) is 0 Å². The van der Waals surface area contributed by atoms with Crippen LogP contribution in [0.3, 0.4) is 0 Å². The Morgan fingerprint density at radius 1 is 0.675 bits per heavy atom. The van der Waals surface area contributed by atoms with Crippen LogP contribution >= 0.6 is 0 Å². The second-order valence-electron chi connectivity index (χ2n) is 11.9. The zero-order chi connectivity index (χ0) is 28.6. The molecule has 0 aromatic heterocycles. The summed E-state index contributed by atoms with van der Waals surface area (Å²) in [6, 6.07) is 8.16. The smallest absolute Gasteiger partial charge is 0.338 e. The average molecular weight is 559 g/mol. The predicted octanol–water partition coefficient (Wildman–Crippen LogP) is 8.26. The van der Waals surface area contributed by atoms with Crippen molar-refractivity contribution >= 4 is 11.9 Å². The number of rotatable bonds is 18. The zero-order valence-corrected chi connectivity index (χ0v) is 25.4. The largest absolute Gasteiger partial charge is 0.464 e. The molecule has 1 heterocycles. The first kappa shape index (κ1) is 32.6. The molecule has 3 rings (SSSR count). The maximum absolute atomic E-state index is 12.7. The van der Waals surface area contributed by atoms with Crippen LogP contribution in [0.5, 0.6) is 0 Å². The van der Waals surface area contributed by atoms with Gasteiger partial charge < -0.3 is 18.9 Å². The average Bonchev–Trinajstić information content (AvgIpc) is 3.43. The highest BCUT2D eigenvalue weighted by Crippen LogP contribution is 2.35. The fourth-order valence-corrected chi connectivity index (χ4v) is 5.85. The summed E-state index contributed by atoms with van der Waals surface area (Å²) in [6.45, 7) is 6.94. The third kappa shape index (κ3) is 10.8. The number of unbranched alkanes of at least 4 members (excludes halogenated alkanes) is 5. The first-order chi connectivity index (χ1) is 19.5. The number of hydrogen-bond acceptors (Lipinski definition) is 6. The fraction of sp³-hybridized carbons (Fsp3) is 0.765. The van der Waals surface area contributed by atoms with E-state index in [2.05, 4.69) is 19.1 Å². The second kappa shape index (κ2) is 18.5. The minimum absolute atomic E-state index is 0.298. The van der Waals surface area contributed by atoms with Crippen LogP contribution in [0.25, 0.3) is 0 Å². The van der Waals surface area contributed by atoms with E-state index in [0.29, 0.717) is 13.2 Å². The molecule has 0 amide bonds. The standard InChI is InChI=1S/C34H54O6/c1-4-7-10-13-26-16-18-27(19-17-26)14-11-12-15-28-20-22-29(23-21-28)34-39-30(32(35)37-24-8-5-2)31(40-34)33(36)38-25-9-6-3/h20-23,26-27,30-31,34H,4-19,24-25H2,1-3H3/t26?,27?,30-,31-/m1/s1. The van der Waals surface area contributed by atoms with Crippen LogP contribution in [-0.4, -0.2) is 37.4 Å². The van der Waals surface area contributed by atoms with Crippen LogP contribution in [0.15, 0.2) is 24.3 Å². The zero-order valence-electron chi connectivity index (χ0n) is 25.4. The van der Waals surface area contributed by atoms with Gasteiger partial charge in [-0.2, -0.15) is 0 Å². The highest BCUT2D eigenvalue weighted by Gasteiger charge is 2.47. The van der Waals surface area contributed by atoms with Gasteiger partial charge in [0.1, 0.15) is 0 Å². The Bertz CT molecular complexity index is 814. The first-order valence-electron chi connectivity index (χ1n) is 16.3. The summed E-state index contributed by atoms with van der Waals surface area (Å²) in [5, 5.41) is 0. The third-order valence-corrected chi connectivity index (χ3v) is 8.53. The Hall–Kier alpha value is -1.92. The number of carbonyl (C=O) groups excluding carboxylic acids is 2. The van der Waals surface area contributed by atoms with E-state index >= 15 is 0 Å². The van der Waals surface area contributed by atoms with Crippen molar-refractivity contribution in [2.24, 2.45) is 11.8 Å². The number of hydrogen-bond donors (Lipinski definition) is 0. The molecule has 1 saturated heterocycles. The minimum Gasteiger partial charge on any atom is -0.464 e. The van der Waals surface area contributed by atoms with Crippen molar-refractivity contribution < 1.29 is 28.5 Å². The lowest BCUT2D eigenvalue weighted by Crippen LogP contribution is -2.39. The van der Waals surface area contributed by atoms with E-state index in [0.717, 1.165) is 49.5 Å². The lowest BCUT2D eigenvalue weighted by Gasteiger charge is -2.28. The molecule has 0 unspecified atom stereocenters. The Morgan fingerprint density at radius 2 is 1.15 bits per heavy atom. The van der Waals surface area contributed by atoms with E-state index in [4.69, 9.17) is 18.9 Å². The summed E-state index contributed by atoms with van der Waals surface area (Å²) >= 11 is 0. The maximum atomic E-state index is 12.7. The van der Waals surface area contributed by atoms with Gasteiger partial charge in [0.2, 0.25) is 0 Å². The molecule has 0 bridgehead atoms. The van der Waals surface area contributed by atoms with Crippen molar-refractivity contribution in [1.82, 2.24) is 0 Å². The summed E-state index contributed by atoms with van der Waals surface area (Å²) in [5.41, 5.74) is 2.07. The summed E-state index contributed by atoms with van der Waals surface area (Å²) < 4.78 is 22.5. The highest BCUT2D eigenvalue weighted by molar-refractivity contribution is 5.86. The van der Waals surface area contributed by atoms with Crippen molar-refractivity contribution in [3.05, 3.63) is 35.4 Å². The second-order valence-corrected chi connectivity index (χ2v) is 11.9. The molecule has 1 aliphatic heterocycles. The Balaban J connectivity index is 1.43. The van der Waals surface area contributed by atoms with Gasteiger partial charge in [-0.15, -0.1) is 0 Å². The molecule has 1 aromatic carbocycles. The van der Waals surface area contributed by atoms with Crippen LogP contribution in [0.1, 0.15) is 135 Å². The Labute approximate surface area is 242 Å². The van der Waals surface area contributed by atoms with Crippen LogP contribution in [-0.2, 0) is 35.0 Å². The van der Waals surface area contributed by atoms with Crippen molar-refractivity contribution in [3.8, 4) is 0 Å². The van der Waals surface area contributed by atoms with Gasteiger partial charge in [0, 0.05) is 5.56 Å². The molecule has 226 valence electrons. The van der Waals surface area contributed by atoms with Crippen LogP contribution < -0.4 is 0 Å².